The van der Waals surface area contributed by atoms with Gasteiger partial charge in [-0.2, -0.15) is 0 Å². The summed E-state index contributed by atoms with van der Waals surface area (Å²) in [5, 5.41) is 50.1. The van der Waals surface area contributed by atoms with E-state index in [0.29, 0.717) is 12.8 Å². The lowest BCUT2D eigenvalue weighted by atomic mass is 9.85. The van der Waals surface area contributed by atoms with Crippen LogP contribution in [-0.2, 0) is 32.7 Å². The summed E-state index contributed by atoms with van der Waals surface area (Å²) in [5.41, 5.74) is 0. The van der Waals surface area contributed by atoms with E-state index in [4.69, 9.17) is 18.5 Å². The minimum absolute atomic E-state index is 0.105. The van der Waals surface area contributed by atoms with Crippen LogP contribution >= 0.6 is 7.82 Å². The normalized spacial score (nSPS) is 22.4. The molecule has 0 heterocycles. The van der Waals surface area contributed by atoms with E-state index >= 15 is 0 Å². The Kier molecular flexibility index (Phi) is 33.5. The number of rotatable bonds is 39. The molecule has 0 aromatic carbocycles. The van der Waals surface area contributed by atoms with Crippen molar-refractivity contribution in [3.63, 3.8) is 0 Å². The molecule has 58 heavy (non-hydrogen) atoms. The first-order valence-electron chi connectivity index (χ1n) is 23.3. The molecule has 14 heteroatoms. The standard InChI is InChI=1S/C44H85O13P/c1-3-5-7-9-11-13-15-17-19-21-23-25-27-29-31-33-38(46)56-36(35-55-58(52,53)57-44-42(50)40(48)39(47)41(49)43(44)51)34-54-37(45)32-30-28-26-24-22-20-18-16-14-12-10-8-6-4-2/h36,39-44,47-51H,3-35H2,1-2H3,(H,52,53). The highest BCUT2D eigenvalue weighted by Gasteiger charge is 2.51. The van der Waals surface area contributed by atoms with Gasteiger partial charge in [0.05, 0.1) is 6.61 Å². The molecule has 0 aromatic rings. The Morgan fingerprint density at radius 3 is 1.14 bits per heavy atom. The van der Waals surface area contributed by atoms with Crippen molar-refractivity contribution in [2.45, 2.75) is 256 Å². The first-order valence-corrected chi connectivity index (χ1v) is 24.8. The lowest BCUT2D eigenvalue weighted by molar-refractivity contribution is -0.220. The maximum atomic E-state index is 12.8. The van der Waals surface area contributed by atoms with Gasteiger partial charge in [0.25, 0.3) is 0 Å². The zero-order valence-electron chi connectivity index (χ0n) is 36.4. The number of hydrogen-bond donors (Lipinski definition) is 6. The van der Waals surface area contributed by atoms with E-state index in [1.807, 2.05) is 0 Å². The van der Waals surface area contributed by atoms with Crippen LogP contribution in [0.25, 0.3) is 0 Å². The third-order valence-electron chi connectivity index (χ3n) is 11.2. The van der Waals surface area contributed by atoms with Gasteiger partial charge >= 0.3 is 19.8 Å². The topological polar surface area (TPSA) is 210 Å². The monoisotopic (exact) mass is 853 g/mol. The maximum absolute atomic E-state index is 12.8. The van der Waals surface area contributed by atoms with Crippen LogP contribution in [0.15, 0.2) is 0 Å². The Morgan fingerprint density at radius 1 is 0.466 bits per heavy atom. The van der Waals surface area contributed by atoms with Gasteiger partial charge in [-0.1, -0.05) is 187 Å². The number of aliphatic hydroxyl groups excluding tert-OH is 5. The molecule has 0 bridgehead atoms. The number of aliphatic hydroxyl groups is 5. The Balaban J connectivity index is 2.44. The summed E-state index contributed by atoms with van der Waals surface area (Å²) in [5.74, 6) is -1.08. The van der Waals surface area contributed by atoms with Crippen molar-refractivity contribution in [3.8, 4) is 0 Å². The van der Waals surface area contributed by atoms with Gasteiger partial charge in [-0.3, -0.25) is 18.6 Å². The first kappa shape index (κ1) is 54.9. The molecule has 344 valence electrons. The van der Waals surface area contributed by atoms with Gasteiger partial charge < -0.3 is 39.9 Å². The SMILES string of the molecule is CCCCCCCCCCCCCCCCCC(=O)OC(COC(=O)CCCCCCCCCCCCCCCC)COP(=O)(O)OC1C(O)C(O)C(O)C(O)C1O. The van der Waals surface area contributed by atoms with Gasteiger partial charge in [0, 0.05) is 12.8 Å². The number of carbonyl (C=O) groups is 2. The van der Waals surface area contributed by atoms with E-state index < -0.39 is 75.7 Å². The first-order chi connectivity index (χ1) is 27.9. The van der Waals surface area contributed by atoms with E-state index in [9.17, 15) is 44.6 Å². The fraction of sp³-hybridized carbons (Fsp3) is 0.955. The van der Waals surface area contributed by atoms with Gasteiger partial charge in [0.15, 0.2) is 6.10 Å². The molecule has 0 saturated heterocycles. The van der Waals surface area contributed by atoms with Crippen LogP contribution < -0.4 is 0 Å². The predicted molar refractivity (Wildman–Crippen MR) is 226 cm³/mol. The molecule has 6 N–H and O–H groups in total. The lowest BCUT2D eigenvalue weighted by Gasteiger charge is -2.41. The van der Waals surface area contributed by atoms with Crippen LogP contribution in [0.1, 0.15) is 213 Å². The second kappa shape index (κ2) is 35.4. The Hall–Kier alpha value is -1.15. The molecule has 6 atom stereocenters. The Morgan fingerprint density at radius 2 is 0.776 bits per heavy atom. The van der Waals surface area contributed by atoms with Crippen molar-refractivity contribution >= 4 is 19.8 Å². The highest BCUT2D eigenvalue weighted by Crippen LogP contribution is 2.47. The second-order valence-electron chi connectivity index (χ2n) is 16.6. The predicted octanol–water partition coefficient (Wildman–Crippen LogP) is 8.89. The quantitative estimate of drug-likeness (QED) is 0.0194. The molecule has 0 radical (unpaired) electrons. The average molecular weight is 853 g/mol. The van der Waals surface area contributed by atoms with Crippen LogP contribution in [0.2, 0.25) is 0 Å². The summed E-state index contributed by atoms with van der Waals surface area (Å²) in [6.07, 6.45) is 21.5. The zero-order chi connectivity index (χ0) is 42.9. The number of hydrogen-bond acceptors (Lipinski definition) is 12. The number of phosphoric ester groups is 1. The smallest absolute Gasteiger partial charge is 0.462 e. The number of ether oxygens (including phenoxy) is 2. The average Bonchev–Trinajstić information content (AvgIpc) is 3.20. The third kappa shape index (κ3) is 27.6. The van der Waals surface area contributed by atoms with Crippen molar-refractivity contribution in [2.24, 2.45) is 0 Å². The summed E-state index contributed by atoms with van der Waals surface area (Å²) in [7, 11) is -5.11. The highest BCUT2D eigenvalue weighted by atomic mass is 31.2. The van der Waals surface area contributed by atoms with Crippen LogP contribution in [-0.4, -0.2) is 98.3 Å². The molecule has 1 rings (SSSR count). The fourth-order valence-electron chi connectivity index (χ4n) is 7.41. The molecule has 6 unspecified atom stereocenters. The summed E-state index contributed by atoms with van der Waals surface area (Å²) >= 11 is 0. The van der Waals surface area contributed by atoms with Crippen molar-refractivity contribution in [1.82, 2.24) is 0 Å². The Labute approximate surface area is 351 Å². The van der Waals surface area contributed by atoms with E-state index in [0.717, 1.165) is 38.5 Å². The van der Waals surface area contributed by atoms with Crippen LogP contribution in [0.4, 0.5) is 0 Å². The summed E-state index contributed by atoms with van der Waals surface area (Å²) in [6.45, 7) is 3.32. The minimum atomic E-state index is -5.11. The maximum Gasteiger partial charge on any atom is 0.472 e. The van der Waals surface area contributed by atoms with Crippen molar-refractivity contribution in [1.29, 1.82) is 0 Å². The van der Waals surface area contributed by atoms with Gasteiger partial charge in [0.1, 0.15) is 43.2 Å². The van der Waals surface area contributed by atoms with Crippen molar-refractivity contribution in [2.75, 3.05) is 13.2 Å². The second-order valence-corrected chi connectivity index (χ2v) is 18.0. The molecule has 1 aliphatic rings. The van der Waals surface area contributed by atoms with E-state index in [-0.39, 0.29) is 12.8 Å². The molecule has 1 aliphatic carbocycles. The number of esters is 2. The molecule has 1 fully saturated rings. The zero-order valence-corrected chi connectivity index (χ0v) is 37.3. The van der Waals surface area contributed by atoms with Crippen molar-refractivity contribution < 1.29 is 63.1 Å². The van der Waals surface area contributed by atoms with Gasteiger partial charge in [0.2, 0.25) is 0 Å². The van der Waals surface area contributed by atoms with Crippen LogP contribution in [0.3, 0.4) is 0 Å². The van der Waals surface area contributed by atoms with Crippen molar-refractivity contribution in [3.05, 3.63) is 0 Å². The van der Waals surface area contributed by atoms with Gasteiger partial charge in [-0.05, 0) is 12.8 Å². The molecule has 0 aromatic heterocycles. The van der Waals surface area contributed by atoms with E-state index in [1.54, 1.807) is 0 Å². The van der Waals surface area contributed by atoms with Crippen LogP contribution in [0.5, 0.6) is 0 Å². The van der Waals surface area contributed by atoms with Gasteiger partial charge in [-0.15, -0.1) is 0 Å². The molecule has 0 spiro atoms. The largest absolute Gasteiger partial charge is 0.472 e. The Bertz CT molecular complexity index is 1030. The third-order valence-corrected chi connectivity index (χ3v) is 12.2. The molecule has 0 amide bonds. The number of carbonyl (C=O) groups excluding carboxylic acids is 2. The summed E-state index contributed by atoms with van der Waals surface area (Å²) in [6, 6.07) is 0. The van der Waals surface area contributed by atoms with E-state index in [2.05, 4.69) is 13.8 Å². The fourth-order valence-corrected chi connectivity index (χ4v) is 8.38. The minimum Gasteiger partial charge on any atom is -0.462 e. The summed E-state index contributed by atoms with van der Waals surface area (Å²) < 4.78 is 33.5. The number of phosphoric acid groups is 1. The van der Waals surface area contributed by atoms with Crippen LogP contribution in [0, 0.1) is 0 Å². The van der Waals surface area contributed by atoms with Gasteiger partial charge in [-0.25, -0.2) is 4.57 Å². The molecular formula is C44H85O13P. The molecular weight excluding hydrogens is 767 g/mol. The lowest BCUT2D eigenvalue weighted by Crippen LogP contribution is -2.64. The van der Waals surface area contributed by atoms with E-state index in [1.165, 1.54) is 135 Å². The summed E-state index contributed by atoms with van der Waals surface area (Å²) in [4.78, 5) is 35.7. The molecule has 1 saturated carbocycles. The highest BCUT2D eigenvalue weighted by molar-refractivity contribution is 7.47. The number of unbranched alkanes of at least 4 members (excludes halogenated alkanes) is 27. The molecule has 13 nitrogen and oxygen atoms in total. The molecule has 0 aliphatic heterocycles.